The van der Waals surface area contributed by atoms with Gasteiger partial charge in [-0.25, -0.2) is 0 Å². The molecule has 0 aliphatic carbocycles. The van der Waals surface area contributed by atoms with Crippen LogP contribution < -0.4 is 5.32 Å². The highest BCUT2D eigenvalue weighted by Gasteiger charge is 2.08. The summed E-state index contributed by atoms with van der Waals surface area (Å²) in [5.41, 5.74) is 2.47. The topological polar surface area (TPSA) is 12.0 Å². The van der Waals surface area contributed by atoms with E-state index >= 15 is 0 Å². The van der Waals surface area contributed by atoms with Crippen LogP contribution in [0.5, 0.6) is 0 Å². The highest BCUT2D eigenvalue weighted by atomic mass is 14.9. The van der Waals surface area contributed by atoms with E-state index in [1.54, 1.807) is 0 Å². The first kappa shape index (κ1) is 15.0. The van der Waals surface area contributed by atoms with Gasteiger partial charge in [0.25, 0.3) is 0 Å². The Hall–Kier alpha value is -3.32. The van der Waals surface area contributed by atoms with E-state index in [2.05, 4.69) is 102 Å². The molecule has 5 aromatic rings. The molecule has 0 bridgehead atoms. The first-order chi connectivity index (χ1) is 12.9. The summed E-state index contributed by atoms with van der Waals surface area (Å²) < 4.78 is 0. The average Bonchev–Trinajstić information content (AvgIpc) is 2.72. The Morgan fingerprint density at radius 1 is 0.500 bits per heavy atom. The zero-order valence-corrected chi connectivity index (χ0v) is 14.4. The summed E-state index contributed by atoms with van der Waals surface area (Å²) in [6, 6.07) is 34.6. The average molecular weight is 333 g/mol. The highest BCUT2D eigenvalue weighted by molar-refractivity contribution is 6.20. The van der Waals surface area contributed by atoms with Gasteiger partial charge in [0.1, 0.15) is 0 Å². The molecule has 0 spiro atoms. The van der Waals surface area contributed by atoms with Gasteiger partial charge in [-0.2, -0.15) is 0 Å². The Kier molecular flexibility index (Phi) is 3.57. The zero-order valence-electron chi connectivity index (χ0n) is 14.4. The van der Waals surface area contributed by atoms with E-state index in [0.717, 1.165) is 6.54 Å². The van der Waals surface area contributed by atoms with E-state index in [9.17, 15) is 0 Å². The van der Waals surface area contributed by atoms with Crippen LogP contribution in [0.2, 0.25) is 0 Å². The van der Waals surface area contributed by atoms with E-state index in [-0.39, 0.29) is 0 Å². The van der Waals surface area contributed by atoms with Crippen molar-refractivity contribution in [3.8, 4) is 0 Å². The molecule has 5 rings (SSSR count). The second-order valence-corrected chi connectivity index (χ2v) is 6.69. The molecule has 0 saturated heterocycles. The Balaban J connectivity index is 1.74. The lowest BCUT2D eigenvalue weighted by atomic mass is 9.96. The molecule has 5 aromatic carbocycles. The number of benzene rings is 5. The molecule has 0 saturated carbocycles. The van der Waals surface area contributed by atoms with Gasteiger partial charge < -0.3 is 5.32 Å². The predicted molar refractivity (Wildman–Crippen MR) is 113 cm³/mol. The van der Waals surface area contributed by atoms with Crippen molar-refractivity contribution in [1.29, 1.82) is 0 Å². The van der Waals surface area contributed by atoms with Crippen LogP contribution in [-0.2, 0) is 6.54 Å². The van der Waals surface area contributed by atoms with Crippen LogP contribution in [-0.4, -0.2) is 0 Å². The summed E-state index contributed by atoms with van der Waals surface area (Å²) in [5.74, 6) is 0. The highest BCUT2D eigenvalue weighted by Crippen LogP contribution is 2.35. The smallest absolute Gasteiger partial charge is 0.0429 e. The summed E-state index contributed by atoms with van der Waals surface area (Å²) >= 11 is 0. The maximum Gasteiger partial charge on any atom is 0.0429 e. The van der Waals surface area contributed by atoms with Crippen LogP contribution >= 0.6 is 0 Å². The van der Waals surface area contributed by atoms with E-state index in [0.29, 0.717) is 0 Å². The van der Waals surface area contributed by atoms with Crippen molar-refractivity contribution < 1.29 is 0 Å². The second-order valence-electron chi connectivity index (χ2n) is 6.69. The molecule has 0 atom stereocenters. The van der Waals surface area contributed by atoms with E-state index in [1.807, 2.05) is 0 Å². The molecule has 0 aliphatic heterocycles. The zero-order chi connectivity index (χ0) is 17.3. The van der Waals surface area contributed by atoms with Gasteiger partial charge in [-0.05, 0) is 38.6 Å². The molecule has 0 heterocycles. The van der Waals surface area contributed by atoms with Gasteiger partial charge in [-0.1, -0.05) is 91.0 Å². The number of nitrogens with one attached hydrogen (secondary N) is 1. The van der Waals surface area contributed by atoms with Crippen molar-refractivity contribution >= 4 is 38.0 Å². The largest absolute Gasteiger partial charge is 0.380 e. The molecule has 124 valence electrons. The molecule has 1 heteroatoms. The molecule has 0 aliphatic rings. The van der Waals surface area contributed by atoms with Crippen LogP contribution in [0.3, 0.4) is 0 Å². The fourth-order valence-electron chi connectivity index (χ4n) is 3.80. The van der Waals surface area contributed by atoms with Crippen molar-refractivity contribution in [2.24, 2.45) is 0 Å². The Morgan fingerprint density at radius 2 is 1.15 bits per heavy atom. The maximum atomic E-state index is 3.66. The van der Waals surface area contributed by atoms with E-state index in [1.165, 1.54) is 43.6 Å². The summed E-state index contributed by atoms with van der Waals surface area (Å²) in [6.45, 7) is 0.821. The van der Waals surface area contributed by atoms with Crippen molar-refractivity contribution in [3.63, 3.8) is 0 Å². The number of hydrogen-bond donors (Lipinski definition) is 1. The second kappa shape index (κ2) is 6.20. The fraction of sp³-hybridized carbons (Fsp3) is 0.0400. The Labute approximate surface area is 152 Å². The summed E-state index contributed by atoms with van der Waals surface area (Å²) in [7, 11) is 0. The van der Waals surface area contributed by atoms with Gasteiger partial charge >= 0.3 is 0 Å². The first-order valence-corrected chi connectivity index (χ1v) is 9.01. The molecule has 1 nitrogen and oxygen atoms in total. The van der Waals surface area contributed by atoms with Crippen LogP contribution in [0.1, 0.15) is 5.56 Å². The SMILES string of the molecule is c1ccc(CNc2cc3c4ccccc4ccc3c3ccccc23)cc1. The predicted octanol–water partition coefficient (Wildman–Crippen LogP) is 6.76. The van der Waals surface area contributed by atoms with Gasteiger partial charge in [0.05, 0.1) is 0 Å². The van der Waals surface area contributed by atoms with Crippen LogP contribution in [0, 0.1) is 0 Å². The van der Waals surface area contributed by atoms with E-state index < -0.39 is 0 Å². The van der Waals surface area contributed by atoms with Gasteiger partial charge in [-0.3, -0.25) is 0 Å². The van der Waals surface area contributed by atoms with Crippen LogP contribution in [0.25, 0.3) is 32.3 Å². The third-order valence-electron chi connectivity index (χ3n) is 5.09. The van der Waals surface area contributed by atoms with Crippen molar-refractivity contribution in [3.05, 3.63) is 103 Å². The summed E-state index contributed by atoms with van der Waals surface area (Å²) in [6.07, 6.45) is 0. The Morgan fingerprint density at radius 3 is 2.00 bits per heavy atom. The fourth-order valence-corrected chi connectivity index (χ4v) is 3.80. The number of hydrogen-bond acceptors (Lipinski definition) is 1. The number of anilines is 1. The minimum absolute atomic E-state index is 0.821. The third kappa shape index (κ3) is 2.49. The first-order valence-electron chi connectivity index (χ1n) is 9.01. The minimum Gasteiger partial charge on any atom is -0.380 e. The van der Waals surface area contributed by atoms with Crippen LogP contribution in [0.4, 0.5) is 5.69 Å². The molecule has 0 fully saturated rings. The molecular formula is C25H19N. The van der Waals surface area contributed by atoms with Gasteiger partial charge in [0.15, 0.2) is 0 Å². The quantitative estimate of drug-likeness (QED) is 0.360. The number of fused-ring (bicyclic) bond motifs is 5. The summed E-state index contributed by atoms with van der Waals surface area (Å²) in [5, 5.41) is 11.4. The van der Waals surface area contributed by atoms with Gasteiger partial charge in [0.2, 0.25) is 0 Å². The number of rotatable bonds is 3. The Bertz CT molecular complexity index is 1220. The molecule has 0 amide bonds. The minimum atomic E-state index is 0.821. The van der Waals surface area contributed by atoms with Gasteiger partial charge in [-0.15, -0.1) is 0 Å². The lowest BCUT2D eigenvalue weighted by Gasteiger charge is -2.14. The van der Waals surface area contributed by atoms with E-state index in [4.69, 9.17) is 0 Å². The molecule has 0 radical (unpaired) electrons. The monoisotopic (exact) mass is 333 g/mol. The van der Waals surface area contributed by atoms with Crippen molar-refractivity contribution in [1.82, 2.24) is 0 Å². The van der Waals surface area contributed by atoms with Crippen molar-refractivity contribution in [2.75, 3.05) is 5.32 Å². The van der Waals surface area contributed by atoms with Crippen LogP contribution in [0.15, 0.2) is 97.1 Å². The normalized spacial score (nSPS) is 11.2. The molecule has 1 N–H and O–H groups in total. The maximum absolute atomic E-state index is 3.66. The molecule has 26 heavy (non-hydrogen) atoms. The standard InChI is InChI=1S/C25H19N/c1-2-8-18(9-3-1)17-26-25-16-24-20-11-5-4-10-19(20)14-15-22(24)21-12-6-7-13-23(21)25/h1-16,26H,17H2. The third-order valence-corrected chi connectivity index (χ3v) is 5.09. The molecule has 0 aromatic heterocycles. The lowest BCUT2D eigenvalue weighted by Crippen LogP contribution is -2.00. The van der Waals surface area contributed by atoms with Crippen molar-refractivity contribution in [2.45, 2.75) is 6.54 Å². The van der Waals surface area contributed by atoms with Gasteiger partial charge in [0, 0.05) is 17.6 Å². The summed E-state index contributed by atoms with van der Waals surface area (Å²) in [4.78, 5) is 0. The lowest BCUT2D eigenvalue weighted by molar-refractivity contribution is 1.16. The molecular weight excluding hydrogens is 314 g/mol. The molecule has 0 unspecified atom stereocenters.